The molecule has 0 aliphatic rings. The Kier molecular flexibility index (Phi) is 60.7. The molecule has 0 saturated heterocycles. The molecule has 412 valence electrons. The van der Waals surface area contributed by atoms with Gasteiger partial charge < -0.3 is 15.5 Å². The number of amides is 1. The number of hydrogen-bond donors (Lipinski definition) is 3. The van der Waals surface area contributed by atoms with Crippen LogP contribution in [0.3, 0.4) is 0 Å². The van der Waals surface area contributed by atoms with Crippen molar-refractivity contribution in [3.63, 3.8) is 0 Å². The van der Waals surface area contributed by atoms with Gasteiger partial charge in [0.15, 0.2) is 0 Å². The lowest BCUT2D eigenvalue weighted by Crippen LogP contribution is -2.45. The molecule has 0 rings (SSSR count). The maximum absolute atomic E-state index is 12.5. The molecule has 2 unspecified atom stereocenters. The van der Waals surface area contributed by atoms with Crippen molar-refractivity contribution in [3.05, 3.63) is 12.2 Å². The van der Waals surface area contributed by atoms with E-state index in [4.69, 9.17) is 0 Å². The minimum Gasteiger partial charge on any atom is -0.394 e. The first kappa shape index (κ1) is 68.1. The number of allylic oxidation sites excluding steroid dienone is 1. The maximum atomic E-state index is 12.5. The monoisotopic (exact) mass is 972 g/mol. The van der Waals surface area contributed by atoms with E-state index < -0.39 is 12.1 Å². The van der Waals surface area contributed by atoms with Gasteiger partial charge in [-0.05, 0) is 19.3 Å². The van der Waals surface area contributed by atoms with E-state index in [0.717, 1.165) is 25.7 Å². The van der Waals surface area contributed by atoms with Crippen LogP contribution in [0.15, 0.2) is 12.2 Å². The van der Waals surface area contributed by atoms with Crippen molar-refractivity contribution in [2.45, 2.75) is 392 Å². The summed E-state index contributed by atoms with van der Waals surface area (Å²) in [5.41, 5.74) is 0. The SMILES string of the molecule is CCCCCCCCCCCCCCCCC/C=C/C(O)C(CO)NC(=O)CCCCCCCCCCCCCCCCCCCCCCCCCCCCCCCCCCCCCCCCCC. The van der Waals surface area contributed by atoms with E-state index in [-0.39, 0.29) is 12.5 Å². The Hall–Kier alpha value is -0.870. The van der Waals surface area contributed by atoms with E-state index in [1.807, 2.05) is 6.08 Å². The summed E-state index contributed by atoms with van der Waals surface area (Å²) in [6.45, 7) is 4.35. The molecule has 0 radical (unpaired) electrons. The number of rotatable bonds is 61. The van der Waals surface area contributed by atoms with Gasteiger partial charge in [0.05, 0.1) is 18.8 Å². The molecule has 1 amide bonds. The van der Waals surface area contributed by atoms with Gasteiger partial charge in [-0.25, -0.2) is 0 Å². The van der Waals surface area contributed by atoms with Crippen molar-refractivity contribution in [1.29, 1.82) is 0 Å². The first-order valence-electron chi connectivity index (χ1n) is 32.4. The van der Waals surface area contributed by atoms with Crippen molar-refractivity contribution in [2.24, 2.45) is 0 Å². The Bertz CT molecular complexity index is 967. The van der Waals surface area contributed by atoms with Crippen LogP contribution in [0.1, 0.15) is 380 Å². The van der Waals surface area contributed by atoms with E-state index >= 15 is 0 Å². The van der Waals surface area contributed by atoms with Gasteiger partial charge in [0, 0.05) is 6.42 Å². The lowest BCUT2D eigenvalue weighted by atomic mass is 10.0. The molecule has 0 bridgehead atoms. The first-order chi connectivity index (χ1) is 34.2. The summed E-state index contributed by atoms with van der Waals surface area (Å²) in [5.74, 6) is -0.0550. The zero-order chi connectivity index (χ0) is 49.9. The average Bonchev–Trinajstić information content (AvgIpc) is 3.35. The van der Waals surface area contributed by atoms with E-state index in [1.54, 1.807) is 6.08 Å². The molecule has 69 heavy (non-hydrogen) atoms. The lowest BCUT2D eigenvalue weighted by Gasteiger charge is -2.20. The predicted octanol–water partition coefficient (Wildman–Crippen LogP) is 21.7. The van der Waals surface area contributed by atoms with E-state index in [9.17, 15) is 15.0 Å². The second-order valence-corrected chi connectivity index (χ2v) is 22.6. The minimum atomic E-state index is -0.835. The van der Waals surface area contributed by atoms with Gasteiger partial charge in [0.1, 0.15) is 0 Å². The molecule has 4 heteroatoms. The third-order valence-electron chi connectivity index (χ3n) is 15.5. The third kappa shape index (κ3) is 57.9. The van der Waals surface area contributed by atoms with Crippen LogP contribution in [0, 0.1) is 0 Å². The molecule has 0 aromatic heterocycles. The molecular formula is C65H129NO3. The van der Waals surface area contributed by atoms with Gasteiger partial charge in [-0.15, -0.1) is 0 Å². The molecule has 0 aromatic carbocycles. The fraction of sp³-hybridized carbons (Fsp3) is 0.954. The molecule has 0 aliphatic heterocycles. The second kappa shape index (κ2) is 61.4. The number of carbonyl (C=O) groups excluding carboxylic acids is 1. The van der Waals surface area contributed by atoms with Gasteiger partial charge in [-0.1, -0.05) is 366 Å². The summed E-state index contributed by atoms with van der Waals surface area (Å²) in [6, 6.07) is -0.618. The van der Waals surface area contributed by atoms with E-state index in [1.165, 1.54) is 334 Å². The summed E-state index contributed by atoms with van der Waals surface area (Å²) in [6.07, 6.45) is 81.5. The van der Waals surface area contributed by atoms with Crippen molar-refractivity contribution >= 4 is 5.91 Å². The Morgan fingerprint density at radius 2 is 0.536 bits per heavy atom. The predicted molar refractivity (Wildman–Crippen MR) is 309 cm³/mol. The quantitative estimate of drug-likeness (QED) is 0.0420. The smallest absolute Gasteiger partial charge is 0.220 e. The number of nitrogens with one attached hydrogen (secondary N) is 1. The second-order valence-electron chi connectivity index (χ2n) is 22.6. The summed E-state index contributed by atoms with van der Waals surface area (Å²) in [5, 5.41) is 23.2. The van der Waals surface area contributed by atoms with Gasteiger partial charge >= 0.3 is 0 Å². The molecule has 2 atom stereocenters. The number of carbonyl (C=O) groups is 1. The molecular weight excluding hydrogens is 843 g/mol. The number of aliphatic hydroxyl groups excluding tert-OH is 2. The molecule has 0 saturated carbocycles. The zero-order valence-electron chi connectivity index (χ0n) is 47.6. The van der Waals surface area contributed by atoms with Crippen LogP contribution in [0.5, 0.6) is 0 Å². The summed E-state index contributed by atoms with van der Waals surface area (Å²) >= 11 is 0. The molecule has 0 spiro atoms. The van der Waals surface area contributed by atoms with E-state index in [2.05, 4.69) is 19.2 Å². The van der Waals surface area contributed by atoms with Gasteiger partial charge in [0.25, 0.3) is 0 Å². The molecule has 0 fully saturated rings. The van der Waals surface area contributed by atoms with Crippen LogP contribution in [0.4, 0.5) is 0 Å². The molecule has 0 heterocycles. The molecule has 4 nitrogen and oxygen atoms in total. The van der Waals surface area contributed by atoms with Crippen LogP contribution < -0.4 is 5.32 Å². The Morgan fingerprint density at radius 1 is 0.333 bits per heavy atom. The third-order valence-corrected chi connectivity index (χ3v) is 15.5. The van der Waals surface area contributed by atoms with Gasteiger partial charge in [-0.2, -0.15) is 0 Å². The van der Waals surface area contributed by atoms with Crippen LogP contribution in [-0.2, 0) is 4.79 Å². The highest BCUT2D eigenvalue weighted by Crippen LogP contribution is 2.19. The number of hydrogen-bond acceptors (Lipinski definition) is 3. The normalized spacial score (nSPS) is 12.7. The zero-order valence-corrected chi connectivity index (χ0v) is 47.6. The first-order valence-corrected chi connectivity index (χ1v) is 32.4. The average molecular weight is 973 g/mol. The van der Waals surface area contributed by atoms with Crippen LogP contribution >= 0.6 is 0 Å². The Morgan fingerprint density at radius 3 is 0.754 bits per heavy atom. The van der Waals surface area contributed by atoms with Crippen molar-refractivity contribution in [1.82, 2.24) is 5.32 Å². The largest absolute Gasteiger partial charge is 0.394 e. The van der Waals surface area contributed by atoms with Crippen molar-refractivity contribution in [3.8, 4) is 0 Å². The Labute approximate surface area is 435 Å². The van der Waals surface area contributed by atoms with Gasteiger partial charge in [0.2, 0.25) is 5.91 Å². The van der Waals surface area contributed by atoms with E-state index in [0.29, 0.717) is 6.42 Å². The summed E-state index contributed by atoms with van der Waals surface area (Å²) in [7, 11) is 0. The standard InChI is InChI=1S/C65H129NO3/c1-3-5-7-9-11-13-15-17-19-21-22-23-24-25-26-27-28-29-30-31-32-33-34-35-36-37-38-39-40-41-42-43-45-47-49-51-53-55-57-59-61-65(69)66-63(62-67)64(68)60-58-56-54-52-50-48-46-44-20-18-16-14-12-10-8-6-4-2/h58,60,63-64,67-68H,3-57,59,61-62H2,1-2H3,(H,66,69)/b60-58+. The van der Waals surface area contributed by atoms with Crippen molar-refractivity contribution in [2.75, 3.05) is 6.61 Å². The highest BCUT2D eigenvalue weighted by atomic mass is 16.3. The molecule has 0 aromatic rings. The van der Waals surface area contributed by atoms with Crippen LogP contribution in [0.25, 0.3) is 0 Å². The highest BCUT2D eigenvalue weighted by Gasteiger charge is 2.18. The highest BCUT2D eigenvalue weighted by molar-refractivity contribution is 5.76. The maximum Gasteiger partial charge on any atom is 0.220 e. The van der Waals surface area contributed by atoms with Gasteiger partial charge in [-0.3, -0.25) is 4.79 Å². The topological polar surface area (TPSA) is 69.6 Å². The number of unbranched alkanes of at least 4 members (excludes halogenated alkanes) is 54. The fourth-order valence-electron chi connectivity index (χ4n) is 10.6. The summed E-state index contributed by atoms with van der Waals surface area (Å²) in [4.78, 5) is 12.5. The molecule has 3 N–H and O–H groups in total. The lowest BCUT2D eigenvalue weighted by molar-refractivity contribution is -0.123. The van der Waals surface area contributed by atoms with Crippen LogP contribution in [-0.4, -0.2) is 34.9 Å². The van der Waals surface area contributed by atoms with Crippen LogP contribution in [0.2, 0.25) is 0 Å². The Balaban J connectivity index is 3.34. The summed E-state index contributed by atoms with van der Waals surface area (Å²) < 4.78 is 0. The fourth-order valence-corrected chi connectivity index (χ4v) is 10.6. The number of aliphatic hydroxyl groups is 2. The minimum absolute atomic E-state index is 0.0550. The molecule has 0 aliphatic carbocycles. The van der Waals surface area contributed by atoms with Crippen molar-refractivity contribution < 1.29 is 15.0 Å².